The molecule has 1 atom stereocenters. The van der Waals surface area contributed by atoms with Gasteiger partial charge >= 0.3 is 6.09 Å². The number of carbonyl (C=O) groups is 2. The minimum atomic E-state index is -0.393. The van der Waals surface area contributed by atoms with Crippen molar-refractivity contribution in [1.29, 1.82) is 0 Å². The van der Waals surface area contributed by atoms with E-state index in [1.807, 2.05) is 0 Å². The predicted octanol–water partition coefficient (Wildman–Crippen LogP) is 1.01. The van der Waals surface area contributed by atoms with Crippen LogP contribution in [0.1, 0.15) is 42.5 Å². The van der Waals surface area contributed by atoms with E-state index in [0.29, 0.717) is 17.8 Å². The Hall–Kier alpha value is -2.71. The third-order valence-corrected chi connectivity index (χ3v) is 4.63. The van der Waals surface area contributed by atoms with E-state index in [1.54, 1.807) is 23.2 Å². The number of piperidine rings is 1. The molecule has 4 rings (SSSR count). The smallest absolute Gasteiger partial charge is 0.407 e. The molecule has 3 heterocycles. The first-order chi connectivity index (χ1) is 12.2. The van der Waals surface area contributed by atoms with Crippen molar-refractivity contribution in [3.05, 3.63) is 23.9 Å². The molecule has 2 fully saturated rings. The molecule has 1 N–H and O–H groups in total. The number of aromatic nitrogens is 4. The Morgan fingerprint density at radius 1 is 1.24 bits per heavy atom. The number of ether oxygens (including phenoxy) is 1. The van der Waals surface area contributed by atoms with Gasteiger partial charge < -0.3 is 15.0 Å². The molecule has 2 aliphatic rings. The fourth-order valence-corrected chi connectivity index (χ4v) is 3.08. The number of fused-ring (bicyclic) bond motifs is 1. The van der Waals surface area contributed by atoms with Crippen molar-refractivity contribution in [3.63, 3.8) is 0 Å². The van der Waals surface area contributed by atoms with Crippen LogP contribution >= 0.6 is 0 Å². The summed E-state index contributed by atoms with van der Waals surface area (Å²) in [7, 11) is 0. The van der Waals surface area contributed by atoms with Crippen molar-refractivity contribution in [3.8, 4) is 0 Å². The van der Waals surface area contributed by atoms with Gasteiger partial charge in [0.05, 0.1) is 11.6 Å². The van der Waals surface area contributed by atoms with Crippen LogP contribution in [-0.2, 0) is 4.74 Å². The Morgan fingerprint density at radius 3 is 2.96 bits per heavy atom. The van der Waals surface area contributed by atoms with Crippen molar-refractivity contribution in [2.45, 2.75) is 44.2 Å². The number of carbonyl (C=O) groups excluding carboxylic acids is 2. The molecule has 2 aromatic heterocycles. The van der Waals surface area contributed by atoms with Gasteiger partial charge in [-0.2, -0.15) is 4.52 Å². The predicted molar refractivity (Wildman–Crippen MR) is 87.0 cm³/mol. The SMILES string of the molecule is O=C(NC1CC1)OCC1CCCCN1C(=O)c1ccc2nnnn2c1. The molecule has 25 heavy (non-hydrogen) atoms. The average molecular weight is 344 g/mol. The van der Waals surface area contributed by atoms with Gasteiger partial charge in [-0.3, -0.25) is 4.79 Å². The third kappa shape index (κ3) is 3.54. The minimum absolute atomic E-state index is 0.0895. The van der Waals surface area contributed by atoms with Crippen LogP contribution in [-0.4, -0.2) is 62.2 Å². The van der Waals surface area contributed by atoms with E-state index in [9.17, 15) is 9.59 Å². The summed E-state index contributed by atoms with van der Waals surface area (Å²) in [6, 6.07) is 3.60. The largest absolute Gasteiger partial charge is 0.447 e. The van der Waals surface area contributed by atoms with Crippen molar-refractivity contribution >= 4 is 17.6 Å². The standard InChI is InChI=1S/C16H20N6O3/c23-15(11-4-7-14-18-19-20-22(14)9-11)21-8-2-1-3-13(21)10-25-16(24)17-12-5-6-12/h4,7,9,12-13H,1-3,5-6,8,10H2,(H,17,24). The summed E-state index contributed by atoms with van der Waals surface area (Å²) >= 11 is 0. The number of tetrazole rings is 1. The van der Waals surface area contributed by atoms with Crippen LogP contribution in [0.25, 0.3) is 5.65 Å². The Labute approximate surface area is 144 Å². The number of alkyl carbamates (subject to hydrolysis) is 1. The maximum atomic E-state index is 12.9. The molecular formula is C16H20N6O3. The van der Waals surface area contributed by atoms with Gasteiger partial charge in [-0.1, -0.05) is 0 Å². The molecule has 132 valence electrons. The molecule has 2 aromatic rings. The van der Waals surface area contributed by atoms with Crippen LogP contribution in [0, 0.1) is 0 Å². The average Bonchev–Trinajstić information content (AvgIpc) is 3.32. The summed E-state index contributed by atoms with van der Waals surface area (Å²) < 4.78 is 6.80. The quantitative estimate of drug-likeness (QED) is 0.888. The zero-order chi connectivity index (χ0) is 17.2. The van der Waals surface area contributed by atoms with Crippen LogP contribution in [0.4, 0.5) is 4.79 Å². The summed E-state index contributed by atoms with van der Waals surface area (Å²) in [6.07, 6.45) is 6.07. The number of hydrogen-bond acceptors (Lipinski definition) is 6. The molecule has 2 amide bonds. The van der Waals surface area contributed by atoms with Crippen molar-refractivity contribution in [2.75, 3.05) is 13.2 Å². The number of rotatable bonds is 4. The van der Waals surface area contributed by atoms with Gasteiger partial charge in [0.2, 0.25) is 0 Å². The molecule has 0 radical (unpaired) electrons. The van der Waals surface area contributed by atoms with Gasteiger partial charge in [0.25, 0.3) is 5.91 Å². The first kappa shape index (κ1) is 15.8. The van der Waals surface area contributed by atoms with E-state index >= 15 is 0 Å². The number of likely N-dealkylation sites (tertiary alicyclic amines) is 1. The summed E-state index contributed by atoms with van der Waals surface area (Å²) in [6.45, 7) is 0.877. The highest BCUT2D eigenvalue weighted by atomic mass is 16.5. The highest BCUT2D eigenvalue weighted by Crippen LogP contribution is 2.21. The molecule has 0 bridgehead atoms. The second kappa shape index (κ2) is 6.66. The lowest BCUT2D eigenvalue weighted by atomic mass is 10.0. The Bertz CT molecular complexity index is 787. The lowest BCUT2D eigenvalue weighted by molar-refractivity contribution is 0.0448. The van der Waals surface area contributed by atoms with Crippen LogP contribution in [0.2, 0.25) is 0 Å². The minimum Gasteiger partial charge on any atom is -0.447 e. The molecule has 0 aromatic carbocycles. The van der Waals surface area contributed by atoms with Gasteiger partial charge in [-0.15, -0.1) is 5.10 Å². The Morgan fingerprint density at radius 2 is 2.12 bits per heavy atom. The summed E-state index contributed by atoms with van der Waals surface area (Å²) in [4.78, 5) is 26.4. The van der Waals surface area contributed by atoms with Crippen LogP contribution in [0.3, 0.4) is 0 Å². The maximum absolute atomic E-state index is 12.9. The molecule has 1 aliphatic carbocycles. The summed E-state index contributed by atoms with van der Waals surface area (Å²) in [5.41, 5.74) is 1.11. The van der Waals surface area contributed by atoms with Crippen LogP contribution in [0.5, 0.6) is 0 Å². The number of nitrogens with zero attached hydrogens (tertiary/aromatic N) is 5. The Balaban J connectivity index is 1.43. The fraction of sp³-hybridized carbons (Fsp3) is 0.562. The number of hydrogen-bond donors (Lipinski definition) is 1. The maximum Gasteiger partial charge on any atom is 0.407 e. The van der Waals surface area contributed by atoms with Crippen LogP contribution in [0.15, 0.2) is 18.3 Å². The summed E-state index contributed by atoms with van der Waals surface area (Å²) in [5.74, 6) is -0.0895. The van der Waals surface area contributed by atoms with E-state index in [4.69, 9.17) is 4.74 Å². The second-order valence-electron chi connectivity index (χ2n) is 6.56. The monoisotopic (exact) mass is 344 g/mol. The molecule has 1 aliphatic heterocycles. The fourth-order valence-electron chi connectivity index (χ4n) is 3.08. The summed E-state index contributed by atoms with van der Waals surface area (Å²) in [5, 5.41) is 14.0. The van der Waals surface area contributed by atoms with Gasteiger partial charge in [0.1, 0.15) is 6.61 Å². The molecule has 9 heteroatoms. The van der Waals surface area contributed by atoms with Gasteiger partial charge in [-0.25, -0.2) is 4.79 Å². The lowest BCUT2D eigenvalue weighted by Crippen LogP contribution is -2.47. The molecule has 0 spiro atoms. The number of amides is 2. The Kier molecular flexibility index (Phi) is 4.21. The van der Waals surface area contributed by atoms with Gasteiger partial charge in [0.15, 0.2) is 5.65 Å². The number of nitrogens with one attached hydrogen (secondary N) is 1. The van der Waals surface area contributed by atoms with Crippen molar-refractivity contribution < 1.29 is 14.3 Å². The molecule has 1 unspecified atom stereocenters. The first-order valence-electron chi connectivity index (χ1n) is 8.63. The zero-order valence-corrected chi connectivity index (χ0v) is 13.8. The zero-order valence-electron chi connectivity index (χ0n) is 13.8. The number of pyridine rings is 1. The second-order valence-corrected chi connectivity index (χ2v) is 6.56. The molecule has 1 saturated carbocycles. The molecule has 9 nitrogen and oxygen atoms in total. The van der Waals surface area contributed by atoms with Crippen LogP contribution < -0.4 is 5.32 Å². The highest BCUT2D eigenvalue weighted by molar-refractivity contribution is 5.94. The lowest BCUT2D eigenvalue weighted by Gasteiger charge is -2.35. The first-order valence-corrected chi connectivity index (χ1v) is 8.63. The third-order valence-electron chi connectivity index (χ3n) is 4.63. The van der Waals surface area contributed by atoms with E-state index in [-0.39, 0.29) is 24.6 Å². The van der Waals surface area contributed by atoms with E-state index in [0.717, 1.165) is 32.1 Å². The van der Waals surface area contributed by atoms with Crippen molar-refractivity contribution in [2.24, 2.45) is 0 Å². The van der Waals surface area contributed by atoms with E-state index in [2.05, 4.69) is 20.8 Å². The van der Waals surface area contributed by atoms with E-state index < -0.39 is 6.09 Å². The van der Waals surface area contributed by atoms with E-state index in [1.165, 1.54) is 4.52 Å². The molecular weight excluding hydrogens is 324 g/mol. The van der Waals surface area contributed by atoms with Gasteiger partial charge in [0, 0.05) is 18.8 Å². The normalized spacial score (nSPS) is 20.5. The molecule has 1 saturated heterocycles. The van der Waals surface area contributed by atoms with Gasteiger partial charge in [-0.05, 0) is 54.7 Å². The topological polar surface area (TPSA) is 102 Å². The highest BCUT2D eigenvalue weighted by Gasteiger charge is 2.30. The van der Waals surface area contributed by atoms with Crippen molar-refractivity contribution in [1.82, 2.24) is 30.3 Å².